The van der Waals surface area contributed by atoms with Crippen LogP contribution >= 0.6 is 22.9 Å². The minimum atomic E-state index is -2.35. The van der Waals surface area contributed by atoms with Crippen molar-refractivity contribution in [1.29, 1.82) is 0 Å². The van der Waals surface area contributed by atoms with Crippen LogP contribution in [0.2, 0.25) is 56.2 Å². The average Bonchev–Trinajstić information content (AvgIpc) is 2.68. The van der Waals surface area contributed by atoms with E-state index in [4.69, 9.17) is 28.1 Å². The van der Waals surface area contributed by atoms with Gasteiger partial charge in [-0.05, 0) is 81.7 Å². The van der Waals surface area contributed by atoms with Gasteiger partial charge in [0.2, 0.25) is 0 Å². The Kier molecular flexibility index (Phi) is 6.45. The Hall–Kier alpha value is 0.698. The van der Waals surface area contributed by atoms with Gasteiger partial charge in [0, 0.05) is 0 Å². The van der Waals surface area contributed by atoms with Gasteiger partial charge in [0.1, 0.15) is 0 Å². The van der Waals surface area contributed by atoms with Gasteiger partial charge in [-0.1, -0.05) is 11.6 Å². The van der Waals surface area contributed by atoms with E-state index in [1.165, 1.54) is 5.56 Å². The number of rotatable bonds is 4. The van der Waals surface area contributed by atoms with Gasteiger partial charge < -0.3 is 16.5 Å². The molecule has 1 aromatic heterocycles. The molecule has 0 atom stereocenters. The molecule has 4 nitrogen and oxygen atoms in total. The fraction of sp³-hybridized carbons (Fsp3) is 0.714. The first-order chi connectivity index (χ1) is 10.8. The Balaban J connectivity index is 2.09. The molecule has 0 unspecified atom stereocenters. The minimum absolute atomic E-state index is 0.894. The molecule has 1 fully saturated rings. The van der Waals surface area contributed by atoms with Crippen molar-refractivity contribution in [2.24, 2.45) is 0 Å². The van der Waals surface area contributed by atoms with Crippen molar-refractivity contribution in [3.05, 3.63) is 21.3 Å². The average molecular weight is 441 g/mol. The van der Waals surface area contributed by atoms with Crippen LogP contribution in [-0.2, 0) is 22.9 Å². The molecule has 0 bridgehead atoms. The lowest BCUT2D eigenvalue weighted by molar-refractivity contribution is 0.234. The summed E-state index contributed by atoms with van der Waals surface area (Å²) in [6.45, 7) is 14.8. The first-order valence-corrected chi connectivity index (χ1v) is 20.6. The normalized spacial score (nSPS) is 25.0. The summed E-state index contributed by atoms with van der Waals surface area (Å²) in [6.07, 6.45) is 1.97. The highest BCUT2D eigenvalue weighted by molar-refractivity contribution is 7.14. The Labute approximate surface area is 159 Å². The first-order valence-electron chi connectivity index (χ1n) is 8.34. The second-order valence-corrected chi connectivity index (χ2v) is 23.8. The molecular weight excluding hydrogens is 412 g/mol. The summed E-state index contributed by atoms with van der Waals surface area (Å²) >= 11 is 7.80. The largest absolute Gasteiger partial charge is 0.416 e. The molecule has 0 aliphatic carbocycles. The van der Waals surface area contributed by atoms with Crippen molar-refractivity contribution >= 4 is 57.2 Å². The van der Waals surface area contributed by atoms with E-state index >= 15 is 0 Å². The van der Waals surface area contributed by atoms with Crippen molar-refractivity contribution in [3.8, 4) is 0 Å². The molecule has 2 rings (SSSR count). The summed E-state index contributed by atoms with van der Waals surface area (Å²) in [5.41, 5.74) is 1.22. The van der Waals surface area contributed by atoms with E-state index in [0.717, 1.165) is 23.2 Å². The van der Waals surface area contributed by atoms with Crippen molar-refractivity contribution in [1.82, 2.24) is 0 Å². The number of aryl methyl sites for hydroxylation is 1. The van der Waals surface area contributed by atoms with E-state index < -0.39 is 34.2 Å². The summed E-state index contributed by atoms with van der Waals surface area (Å²) in [7, 11) is -9.08. The molecule has 0 N–H and O–H groups in total. The molecule has 1 aliphatic rings. The lowest BCUT2D eigenvalue weighted by Crippen LogP contribution is -2.65. The number of hydrogen-bond donors (Lipinski definition) is 0. The van der Waals surface area contributed by atoms with Crippen molar-refractivity contribution < 1.29 is 16.5 Å². The lowest BCUT2D eigenvalue weighted by Gasteiger charge is -2.47. The monoisotopic (exact) mass is 440 g/mol. The highest BCUT2D eigenvalue weighted by atomic mass is 35.5. The zero-order chi connectivity index (χ0) is 18.2. The topological polar surface area (TPSA) is 36.9 Å². The standard InChI is InChI=1S/C14H29ClO4SSi4/c1-21(2)16-22(3,4)18-24(7,19-23(5,6)17-21)12-8-9-13-10-11-20-14(13)15/h10-11H,8-9,12H2,1-7H3. The highest BCUT2D eigenvalue weighted by Crippen LogP contribution is 2.33. The van der Waals surface area contributed by atoms with Crippen LogP contribution < -0.4 is 0 Å². The maximum absolute atomic E-state index is 6.58. The van der Waals surface area contributed by atoms with E-state index in [9.17, 15) is 0 Å². The maximum atomic E-state index is 6.58. The molecule has 24 heavy (non-hydrogen) atoms. The van der Waals surface area contributed by atoms with Gasteiger partial charge >= 0.3 is 34.2 Å². The van der Waals surface area contributed by atoms with Gasteiger partial charge in [0.05, 0.1) is 4.34 Å². The number of thiophene rings is 1. The smallest absolute Gasteiger partial charge is 0.317 e. The molecule has 1 aromatic rings. The second-order valence-electron chi connectivity index (χ2n) is 7.81. The minimum Gasteiger partial charge on any atom is -0.416 e. The molecule has 0 radical (unpaired) electrons. The van der Waals surface area contributed by atoms with E-state index in [-0.39, 0.29) is 0 Å². The van der Waals surface area contributed by atoms with E-state index in [0.29, 0.717) is 0 Å². The van der Waals surface area contributed by atoms with Crippen LogP contribution in [0.1, 0.15) is 12.0 Å². The van der Waals surface area contributed by atoms with Gasteiger partial charge in [0.25, 0.3) is 0 Å². The van der Waals surface area contributed by atoms with Gasteiger partial charge in [-0.15, -0.1) is 11.3 Å². The lowest BCUT2D eigenvalue weighted by atomic mass is 10.2. The second kappa shape index (κ2) is 7.37. The Bertz CT molecular complexity index is 557. The molecule has 0 aromatic carbocycles. The predicted octanol–water partition coefficient (Wildman–Crippen LogP) is 5.59. The first kappa shape index (κ1) is 21.0. The molecule has 0 amide bonds. The molecular formula is C14H29ClO4SSi4. The fourth-order valence-corrected chi connectivity index (χ4v) is 26.1. The molecule has 1 saturated heterocycles. The third-order valence-corrected chi connectivity index (χ3v) is 21.4. The Morgan fingerprint density at radius 1 is 0.875 bits per heavy atom. The van der Waals surface area contributed by atoms with Gasteiger partial charge in [-0.2, -0.15) is 0 Å². The molecule has 0 saturated carbocycles. The van der Waals surface area contributed by atoms with E-state index in [1.807, 2.05) is 5.38 Å². The van der Waals surface area contributed by atoms with Crippen LogP contribution in [-0.4, -0.2) is 34.2 Å². The van der Waals surface area contributed by atoms with E-state index in [1.54, 1.807) is 11.3 Å². The van der Waals surface area contributed by atoms with Gasteiger partial charge in [0.15, 0.2) is 0 Å². The molecule has 1 aliphatic heterocycles. The highest BCUT2D eigenvalue weighted by Gasteiger charge is 2.52. The van der Waals surface area contributed by atoms with Crippen molar-refractivity contribution in [2.75, 3.05) is 0 Å². The van der Waals surface area contributed by atoms with Gasteiger partial charge in [-0.25, -0.2) is 0 Å². The molecule has 138 valence electrons. The van der Waals surface area contributed by atoms with Crippen molar-refractivity contribution in [2.45, 2.75) is 64.7 Å². The van der Waals surface area contributed by atoms with Gasteiger partial charge in [-0.3, -0.25) is 0 Å². The van der Waals surface area contributed by atoms with Crippen LogP contribution in [0.3, 0.4) is 0 Å². The summed E-state index contributed by atoms with van der Waals surface area (Å²) < 4.78 is 26.8. The predicted molar refractivity (Wildman–Crippen MR) is 111 cm³/mol. The van der Waals surface area contributed by atoms with E-state index in [2.05, 4.69) is 51.9 Å². The maximum Gasteiger partial charge on any atom is 0.317 e. The quantitative estimate of drug-likeness (QED) is 0.571. The van der Waals surface area contributed by atoms with Crippen molar-refractivity contribution in [3.63, 3.8) is 0 Å². The summed E-state index contributed by atoms with van der Waals surface area (Å²) in [5.74, 6) is 0. The van der Waals surface area contributed by atoms with Crippen LogP contribution in [0.5, 0.6) is 0 Å². The Morgan fingerprint density at radius 2 is 1.38 bits per heavy atom. The van der Waals surface area contributed by atoms with Crippen LogP contribution in [0.25, 0.3) is 0 Å². The number of halogens is 1. The Morgan fingerprint density at radius 3 is 1.83 bits per heavy atom. The third kappa shape index (κ3) is 6.15. The fourth-order valence-electron chi connectivity index (χ4n) is 3.51. The summed E-state index contributed by atoms with van der Waals surface area (Å²) in [6, 6.07) is 3.04. The molecule has 0 spiro atoms. The SMILES string of the molecule is C[Si]1(C)O[Si](C)(C)O[Si](C)(CCCc2ccsc2Cl)O[Si](C)(C)O1. The zero-order valence-corrected chi connectivity index (χ0v) is 21.3. The van der Waals surface area contributed by atoms with Crippen LogP contribution in [0.15, 0.2) is 11.4 Å². The summed E-state index contributed by atoms with van der Waals surface area (Å²) in [5, 5.41) is 2.04. The molecule has 10 heteroatoms. The number of hydrogen-bond acceptors (Lipinski definition) is 5. The van der Waals surface area contributed by atoms with Crippen LogP contribution in [0, 0.1) is 0 Å². The van der Waals surface area contributed by atoms with Crippen LogP contribution in [0.4, 0.5) is 0 Å². The third-order valence-electron chi connectivity index (χ3n) is 3.68. The zero-order valence-electron chi connectivity index (χ0n) is 15.7. The molecule has 2 heterocycles. The summed E-state index contributed by atoms with van der Waals surface area (Å²) in [4.78, 5) is 0.